The van der Waals surface area contributed by atoms with Gasteiger partial charge in [-0.2, -0.15) is 0 Å². The summed E-state index contributed by atoms with van der Waals surface area (Å²) in [6.45, 7) is 2.18. The maximum absolute atomic E-state index is 13.5. The second-order valence-electron chi connectivity index (χ2n) is 6.70. The lowest BCUT2D eigenvalue weighted by Crippen LogP contribution is -2.34. The predicted octanol–water partition coefficient (Wildman–Crippen LogP) is 3.29. The fraction of sp³-hybridized carbons (Fsp3) is 0.300. The van der Waals surface area contributed by atoms with Crippen molar-refractivity contribution < 1.29 is 14.0 Å². The van der Waals surface area contributed by atoms with E-state index in [1.54, 1.807) is 18.2 Å². The lowest BCUT2D eigenvalue weighted by molar-refractivity contribution is -0.115. The first-order chi connectivity index (χ1) is 12.8. The van der Waals surface area contributed by atoms with Crippen LogP contribution >= 0.6 is 11.8 Å². The Labute approximate surface area is 162 Å². The Balaban J connectivity index is 1.71. The number of halogens is 1. The van der Waals surface area contributed by atoms with Gasteiger partial charge < -0.3 is 15.5 Å². The molecule has 0 aliphatic carbocycles. The number of carbonyl (C=O) groups is 2. The summed E-state index contributed by atoms with van der Waals surface area (Å²) < 4.78 is 13.5. The van der Waals surface area contributed by atoms with E-state index in [-0.39, 0.29) is 28.9 Å². The number of nitrogens with zero attached hydrogens (tertiary/aromatic N) is 1. The number of hydrogen-bond acceptors (Lipinski definition) is 4. The number of nitrogens with one attached hydrogen (secondary N) is 2. The van der Waals surface area contributed by atoms with Crippen molar-refractivity contribution in [1.82, 2.24) is 10.2 Å². The fourth-order valence-electron chi connectivity index (χ4n) is 2.95. The molecule has 0 aromatic heterocycles. The van der Waals surface area contributed by atoms with E-state index in [2.05, 4.69) is 10.6 Å². The first-order valence-corrected chi connectivity index (χ1v) is 9.55. The number of thioether (sulfide) groups is 1. The van der Waals surface area contributed by atoms with Gasteiger partial charge in [0.1, 0.15) is 5.82 Å². The summed E-state index contributed by atoms with van der Waals surface area (Å²) in [7, 11) is 3.77. The number of rotatable bonds is 5. The van der Waals surface area contributed by atoms with E-state index in [1.165, 1.54) is 23.9 Å². The third-order valence-corrected chi connectivity index (χ3v) is 5.66. The van der Waals surface area contributed by atoms with E-state index < -0.39 is 0 Å². The molecule has 2 N–H and O–H groups in total. The van der Waals surface area contributed by atoms with Gasteiger partial charge in [0.2, 0.25) is 5.91 Å². The van der Waals surface area contributed by atoms with E-state index in [4.69, 9.17) is 0 Å². The highest BCUT2D eigenvalue weighted by Crippen LogP contribution is 2.35. The van der Waals surface area contributed by atoms with Crippen LogP contribution in [0.1, 0.15) is 28.9 Å². The van der Waals surface area contributed by atoms with Gasteiger partial charge in [-0.15, -0.1) is 11.8 Å². The summed E-state index contributed by atoms with van der Waals surface area (Å²) in [4.78, 5) is 27.3. The number of benzene rings is 2. The van der Waals surface area contributed by atoms with Crippen molar-refractivity contribution in [3.63, 3.8) is 0 Å². The molecule has 0 unspecified atom stereocenters. The van der Waals surface area contributed by atoms with Crippen LogP contribution in [0.4, 0.5) is 10.1 Å². The van der Waals surface area contributed by atoms with E-state index >= 15 is 0 Å². The minimum absolute atomic E-state index is 0.0659. The second kappa shape index (κ2) is 8.10. The molecule has 0 radical (unpaired) electrons. The Morgan fingerprint density at radius 2 is 2.07 bits per heavy atom. The summed E-state index contributed by atoms with van der Waals surface area (Å²) >= 11 is 1.48. The number of hydrogen-bond donors (Lipinski definition) is 2. The lowest BCUT2D eigenvalue weighted by Gasteiger charge is -2.25. The standard InChI is InChI=1S/C20H22FN3O2S/c1-12-19(25)23-16-10-14(7-8-18(16)27-12)20(26)22-11-17(24(2)3)13-5-4-6-15(21)9-13/h4-10,12,17H,11H2,1-3H3,(H,22,26)(H,23,25)/t12-,17-/m1/s1. The van der Waals surface area contributed by atoms with Crippen molar-refractivity contribution in [3.8, 4) is 0 Å². The Morgan fingerprint density at radius 1 is 1.30 bits per heavy atom. The summed E-state index contributed by atoms with van der Waals surface area (Å²) in [6.07, 6.45) is 0. The summed E-state index contributed by atoms with van der Waals surface area (Å²) in [5.41, 5.74) is 1.93. The monoisotopic (exact) mass is 387 g/mol. The van der Waals surface area contributed by atoms with Gasteiger partial charge in [0.25, 0.3) is 5.91 Å². The first kappa shape index (κ1) is 19.4. The average molecular weight is 387 g/mol. The largest absolute Gasteiger partial charge is 0.350 e. The topological polar surface area (TPSA) is 61.4 Å². The molecule has 0 fully saturated rings. The number of carbonyl (C=O) groups excluding carboxylic acids is 2. The van der Waals surface area contributed by atoms with Crippen LogP contribution in [0, 0.1) is 5.82 Å². The molecule has 2 amide bonds. The SMILES string of the molecule is C[C@H]1Sc2ccc(C(=O)NC[C@H](c3cccc(F)c3)N(C)C)cc2NC1=O. The van der Waals surface area contributed by atoms with Gasteiger partial charge in [-0.25, -0.2) is 4.39 Å². The molecule has 0 spiro atoms. The Morgan fingerprint density at radius 3 is 2.78 bits per heavy atom. The Hall–Kier alpha value is -2.38. The van der Waals surface area contributed by atoms with E-state index in [1.807, 2.05) is 38.1 Å². The van der Waals surface area contributed by atoms with Crippen LogP contribution in [0.25, 0.3) is 0 Å². The molecule has 7 heteroatoms. The molecule has 1 aliphatic rings. The molecule has 3 rings (SSSR count). The predicted molar refractivity (Wildman–Crippen MR) is 106 cm³/mol. The zero-order valence-electron chi connectivity index (χ0n) is 15.5. The van der Waals surface area contributed by atoms with Crippen molar-refractivity contribution in [1.29, 1.82) is 0 Å². The molecule has 0 saturated carbocycles. The van der Waals surface area contributed by atoms with Crippen LogP contribution in [0.15, 0.2) is 47.4 Å². The Kier molecular flexibility index (Phi) is 5.82. The van der Waals surface area contributed by atoms with Crippen LogP contribution in [0.5, 0.6) is 0 Å². The van der Waals surface area contributed by atoms with Gasteiger partial charge in [-0.3, -0.25) is 9.59 Å². The second-order valence-corrected chi connectivity index (χ2v) is 8.09. The highest BCUT2D eigenvalue weighted by molar-refractivity contribution is 8.00. The van der Waals surface area contributed by atoms with E-state index in [0.29, 0.717) is 17.8 Å². The van der Waals surface area contributed by atoms with Gasteiger partial charge >= 0.3 is 0 Å². The van der Waals surface area contributed by atoms with Crippen LogP contribution < -0.4 is 10.6 Å². The molecule has 0 saturated heterocycles. The van der Waals surface area contributed by atoms with Crippen molar-refractivity contribution in [3.05, 3.63) is 59.4 Å². The average Bonchev–Trinajstić information content (AvgIpc) is 2.62. The smallest absolute Gasteiger partial charge is 0.251 e. The quantitative estimate of drug-likeness (QED) is 0.827. The van der Waals surface area contributed by atoms with Crippen molar-refractivity contribution in [2.45, 2.75) is 23.1 Å². The van der Waals surface area contributed by atoms with Crippen molar-refractivity contribution in [2.75, 3.05) is 26.0 Å². The van der Waals surface area contributed by atoms with Crippen molar-refractivity contribution >= 4 is 29.3 Å². The van der Waals surface area contributed by atoms with Crippen LogP contribution in [0.3, 0.4) is 0 Å². The third-order valence-electron chi connectivity index (χ3n) is 4.49. The van der Waals surface area contributed by atoms with Gasteiger partial charge in [-0.05, 0) is 56.9 Å². The van der Waals surface area contributed by atoms with Crippen LogP contribution in [-0.2, 0) is 4.79 Å². The minimum Gasteiger partial charge on any atom is -0.350 e. The number of likely N-dealkylation sites (N-methyl/N-ethyl adjacent to an activating group) is 1. The molecule has 2 atom stereocenters. The molecular weight excluding hydrogens is 365 g/mol. The maximum atomic E-state index is 13.5. The van der Waals surface area contributed by atoms with Gasteiger partial charge in [-0.1, -0.05) is 12.1 Å². The van der Waals surface area contributed by atoms with Gasteiger partial charge in [0.15, 0.2) is 0 Å². The molecule has 1 heterocycles. The molecule has 142 valence electrons. The van der Waals surface area contributed by atoms with Gasteiger partial charge in [0.05, 0.1) is 17.0 Å². The zero-order valence-corrected chi connectivity index (χ0v) is 16.3. The number of fused-ring (bicyclic) bond motifs is 1. The normalized spacial score (nSPS) is 17.2. The molecule has 0 bridgehead atoms. The molecule has 1 aliphatic heterocycles. The molecule has 2 aromatic rings. The van der Waals surface area contributed by atoms with Crippen molar-refractivity contribution in [2.24, 2.45) is 0 Å². The third kappa shape index (κ3) is 4.48. The lowest BCUT2D eigenvalue weighted by atomic mass is 10.1. The fourth-order valence-corrected chi connectivity index (χ4v) is 3.88. The number of anilines is 1. The van der Waals surface area contributed by atoms with E-state index in [9.17, 15) is 14.0 Å². The van der Waals surface area contributed by atoms with Gasteiger partial charge in [0, 0.05) is 17.0 Å². The minimum atomic E-state index is -0.303. The van der Waals surface area contributed by atoms with Crippen LogP contribution in [0.2, 0.25) is 0 Å². The maximum Gasteiger partial charge on any atom is 0.251 e. The highest BCUT2D eigenvalue weighted by atomic mass is 32.2. The van der Waals surface area contributed by atoms with Crippen LogP contribution in [-0.4, -0.2) is 42.6 Å². The molecular formula is C20H22FN3O2S. The summed E-state index contributed by atoms with van der Waals surface area (Å²) in [5, 5.41) is 5.58. The number of amides is 2. The molecule has 27 heavy (non-hydrogen) atoms. The zero-order chi connectivity index (χ0) is 19.6. The molecule has 2 aromatic carbocycles. The first-order valence-electron chi connectivity index (χ1n) is 8.67. The molecule has 5 nitrogen and oxygen atoms in total. The Bertz CT molecular complexity index is 872. The summed E-state index contributed by atoms with van der Waals surface area (Å²) in [5.74, 6) is -0.606. The highest BCUT2D eigenvalue weighted by Gasteiger charge is 2.24. The van der Waals surface area contributed by atoms with E-state index in [0.717, 1.165) is 10.5 Å². The summed E-state index contributed by atoms with van der Waals surface area (Å²) in [6, 6.07) is 11.5.